The van der Waals surface area contributed by atoms with Gasteiger partial charge in [-0.1, -0.05) is 28.1 Å². The molecule has 106 valence electrons. The van der Waals surface area contributed by atoms with E-state index in [4.69, 9.17) is 5.84 Å². The van der Waals surface area contributed by atoms with Crippen LogP contribution in [0.2, 0.25) is 0 Å². The molecule has 0 aliphatic carbocycles. The average Bonchev–Trinajstić information content (AvgIpc) is 2.39. The zero-order valence-electron chi connectivity index (χ0n) is 11.6. The van der Waals surface area contributed by atoms with E-state index in [2.05, 4.69) is 40.4 Å². The molecule has 0 aliphatic rings. The van der Waals surface area contributed by atoms with E-state index >= 15 is 0 Å². The summed E-state index contributed by atoms with van der Waals surface area (Å²) < 4.78 is 14.2. The summed E-state index contributed by atoms with van der Waals surface area (Å²) in [5.41, 5.74) is 7.22. The van der Waals surface area contributed by atoms with Crippen LogP contribution < -0.4 is 11.3 Å². The van der Waals surface area contributed by atoms with Gasteiger partial charge in [-0.2, -0.15) is 0 Å². The SMILES string of the molecule is Cc1cc(F)ccc1CC(NN)c1ccc(Br)cc1C. The molecule has 2 rings (SSSR count). The van der Waals surface area contributed by atoms with Crippen LogP contribution in [0, 0.1) is 19.7 Å². The molecule has 0 aromatic heterocycles. The summed E-state index contributed by atoms with van der Waals surface area (Å²) in [6.07, 6.45) is 0.727. The standard InChI is InChI=1S/C16H18BrFN2/c1-10-8-14(18)5-3-12(10)9-16(20-19)15-6-4-13(17)7-11(15)2/h3-8,16,20H,9,19H2,1-2H3. The van der Waals surface area contributed by atoms with E-state index in [1.807, 2.05) is 19.1 Å². The third-order valence-electron chi connectivity index (χ3n) is 3.54. The van der Waals surface area contributed by atoms with Crippen LogP contribution >= 0.6 is 15.9 Å². The second kappa shape index (κ2) is 6.48. The Balaban J connectivity index is 2.28. The van der Waals surface area contributed by atoms with Crippen molar-refractivity contribution in [3.05, 3.63) is 68.9 Å². The monoisotopic (exact) mass is 336 g/mol. The zero-order chi connectivity index (χ0) is 14.7. The number of aryl methyl sites for hydroxylation is 2. The third kappa shape index (κ3) is 3.45. The van der Waals surface area contributed by atoms with Gasteiger partial charge in [0.25, 0.3) is 0 Å². The molecule has 4 heteroatoms. The topological polar surface area (TPSA) is 38.0 Å². The van der Waals surface area contributed by atoms with Gasteiger partial charge in [-0.25, -0.2) is 4.39 Å². The van der Waals surface area contributed by atoms with Crippen LogP contribution in [0.4, 0.5) is 4.39 Å². The highest BCUT2D eigenvalue weighted by atomic mass is 79.9. The highest BCUT2D eigenvalue weighted by Gasteiger charge is 2.14. The van der Waals surface area contributed by atoms with Crippen LogP contribution in [0.25, 0.3) is 0 Å². The fourth-order valence-corrected chi connectivity index (χ4v) is 2.87. The number of hydrogen-bond acceptors (Lipinski definition) is 2. The van der Waals surface area contributed by atoms with Crippen molar-refractivity contribution >= 4 is 15.9 Å². The second-order valence-corrected chi connectivity index (χ2v) is 5.91. The molecule has 0 heterocycles. The Labute approximate surface area is 127 Å². The lowest BCUT2D eigenvalue weighted by atomic mass is 9.94. The third-order valence-corrected chi connectivity index (χ3v) is 4.03. The first-order chi connectivity index (χ1) is 9.51. The largest absolute Gasteiger partial charge is 0.271 e. The molecule has 0 saturated carbocycles. The van der Waals surface area contributed by atoms with Crippen LogP contribution in [0.3, 0.4) is 0 Å². The normalized spacial score (nSPS) is 12.4. The van der Waals surface area contributed by atoms with Crippen molar-refractivity contribution in [2.75, 3.05) is 0 Å². The van der Waals surface area contributed by atoms with Gasteiger partial charge in [-0.3, -0.25) is 11.3 Å². The van der Waals surface area contributed by atoms with E-state index in [1.165, 1.54) is 11.6 Å². The lowest BCUT2D eigenvalue weighted by Gasteiger charge is -2.20. The van der Waals surface area contributed by atoms with Gasteiger partial charge in [0.15, 0.2) is 0 Å². The Kier molecular flexibility index (Phi) is 4.91. The van der Waals surface area contributed by atoms with E-state index in [9.17, 15) is 4.39 Å². The summed E-state index contributed by atoms with van der Waals surface area (Å²) in [5.74, 6) is 5.50. The smallest absolute Gasteiger partial charge is 0.123 e. The first kappa shape index (κ1) is 15.2. The Bertz CT molecular complexity index is 613. The number of nitrogens with two attached hydrogens (primary N) is 1. The minimum atomic E-state index is -0.205. The van der Waals surface area contributed by atoms with Gasteiger partial charge < -0.3 is 0 Å². The average molecular weight is 337 g/mol. The number of nitrogens with one attached hydrogen (secondary N) is 1. The molecule has 0 saturated heterocycles. The summed E-state index contributed by atoms with van der Waals surface area (Å²) in [6.45, 7) is 3.97. The lowest BCUT2D eigenvalue weighted by Crippen LogP contribution is -2.30. The highest BCUT2D eigenvalue weighted by Crippen LogP contribution is 2.25. The summed E-state index contributed by atoms with van der Waals surface area (Å²) in [4.78, 5) is 0. The minimum absolute atomic E-state index is 0.00672. The molecule has 1 unspecified atom stereocenters. The van der Waals surface area contributed by atoms with Crippen molar-refractivity contribution in [1.82, 2.24) is 5.43 Å². The number of halogens is 2. The lowest BCUT2D eigenvalue weighted by molar-refractivity contribution is 0.547. The molecular formula is C16H18BrFN2. The number of hydrazine groups is 1. The van der Waals surface area contributed by atoms with Crippen molar-refractivity contribution in [1.29, 1.82) is 0 Å². The van der Waals surface area contributed by atoms with Gasteiger partial charge in [0.1, 0.15) is 5.82 Å². The number of rotatable bonds is 4. The minimum Gasteiger partial charge on any atom is -0.271 e. The molecule has 2 aromatic rings. The Morgan fingerprint density at radius 2 is 1.90 bits per heavy atom. The van der Waals surface area contributed by atoms with E-state index in [0.29, 0.717) is 0 Å². The van der Waals surface area contributed by atoms with E-state index in [-0.39, 0.29) is 11.9 Å². The molecule has 3 N–H and O–H groups in total. The highest BCUT2D eigenvalue weighted by molar-refractivity contribution is 9.10. The van der Waals surface area contributed by atoms with E-state index < -0.39 is 0 Å². The molecule has 2 aromatic carbocycles. The van der Waals surface area contributed by atoms with Crippen LogP contribution in [-0.2, 0) is 6.42 Å². The molecule has 0 amide bonds. The maximum Gasteiger partial charge on any atom is 0.123 e. The van der Waals surface area contributed by atoms with Gasteiger partial charge in [0.05, 0.1) is 6.04 Å². The second-order valence-electron chi connectivity index (χ2n) is 5.00. The molecule has 0 radical (unpaired) electrons. The number of hydrogen-bond donors (Lipinski definition) is 2. The van der Waals surface area contributed by atoms with Crippen molar-refractivity contribution < 1.29 is 4.39 Å². The maximum atomic E-state index is 13.2. The number of benzene rings is 2. The predicted octanol–water partition coefficient (Wildman–Crippen LogP) is 3.95. The fraction of sp³-hybridized carbons (Fsp3) is 0.250. The molecular weight excluding hydrogens is 319 g/mol. The van der Waals surface area contributed by atoms with Crippen LogP contribution in [0.15, 0.2) is 40.9 Å². The fourth-order valence-electron chi connectivity index (χ4n) is 2.40. The summed E-state index contributed by atoms with van der Waals surface area (Å²) in [7, 11) is 0. The van der Waals surface area contributed by atoms with Crippen molar-refractivity contribution in [2.24, 2.45) is 5.84 Å². The Hall–Kier alpha value is -1.23. The first-order valence-electron chi connectivity index (χ1n) is 6.48. The molecule has 20 heavy (non-hydrogen) atoms. The van der Waals surface area contributed by atoms with Crippen LogP contribution in [0.1, 0.15) is 28.3 Å². The first-order valence-corrected chi connectivity index (χ1v) is 7.27. The molecule has 2 nitrogen and oxygen atoms in total. The van der Waals surface area contributed by atoms with Gasteiger partial charge in [0, 0.05) is 4.47 Å². The van der Waals surface area contributed by atoms with Gasteiger partial charge >= 0.3 is 0 Å². The quantitative estimate of drug-likeness (QED) is 0.655. The van der Waals surface area contributed by atoms with E-state index in [1.54, 1.807) is 6.07 Å². The predicted molar refractivity (Wildman–Crippen MR) is 83.8 cm³/mol. The molecule has 0 bridgehead atoms. The molecule has 1 atom stereocenters. The Morgan fingerprint density at radius 3 is 2.50 bits per heavy atom. The van der Waals surface area contributed by atoms with Gasteiger partial charge in [0.2, 0.25) is 0 Å². The van der Waals surface area contributed by atoms with Crippen LogP contribution in [-0.4, -0.2) is 0 Å². The molecule has 0 fully saturated rings. The van der Waals surface area contributed by atoms with Crippen molar-refractivity contribution in [3.63, 3.8) is 0 Å². The van der Waals surface area contributed by atoms with Crippen molar-refractivity contribution in [2.45, 2.75) is 26.3 Å². The molecule has 0 spiro atoms. The summed E-state index contributed by atoms with van der Waals surface area (Å²) in [6, 6.07) is 11.0. The summed E-state index contributed by atoms with van der Waals surface area (Å²) >= 11 is 3.46. The van der Waals surface area contributed by atoms with Crippen LogP contribution in [0.5, 0.6) is 0 Å². The molecule has 0 aliphatic heterocycles. The van der Waals surface area contributed by atoms with E-state index in [0.717, 1.165) is 27.6 Å². The Morgan fingerprint density at radius 1 is 1.15 bits per heavy atom. The van der Waals surface area contributed by atoms with Gasteiger partial charge in [-0.15, -0.1) is 0 Å². The van der Waals surface area contributed by atoms with Crippen molar-refractivity contribution in [3.8, 4) is 0 Å². The zero-order valence-corrected chi connectivity index (χ0v) is 13.2. The van der Waals surface area contributed by atoms with Gasteiger partial charge in [-0.05, 0) is 66.8 Å². The maximum absolute atomic E-state index is 13.2. The summed E-state index contributed by atoms with van der Waals surface area (Å²) in [5, 5.41) is 0.